The van der Waals surface area contributed by atoms with Crippen molar-refractivity contribution in [2.75, 3.05) is 9.80 Å². The molecular formula is C42H27ClN2OS. The normalized spacial score (nSPS) is 11.5. The number of furan rings is 1. The van der Waals surface area contributed by atoms with E-state index in [1.807, 2.05) is 41.7 Å². The van der Waals surface area contributed by atoms with Crippen LogP contribution in [0.5, 0.6) is 0 Å². The number of halogens is 1. The van der Waals surface area contributed by atoms with Crippen molar-refractivity contribution in [2.24, 2.45) is 0 Å². The number of benzene rings is 7. The van der Waals surface area contributed by atoms with Gasteiger partial charge in [-0.2, -0.15) is 0 Å². The smallest absolute Gasteiger partial charge is 0.139 e. The molecular weight excluding hydrogens is 616 g/mol. The molecule has 7 aromatic carbocycles. The van der Waals surface area contributed by atoms with Crippen molar-refractivity contribution in [1.29, 1.82) is 0 Å². The molecule has 0 atom stereocenters. The van der Waals surface area contributed by atoms with E-state index in [-0.39, 0.29) is 0 Å². The van der Waals surface area contributed by atoms with Crippen molar-refractivity contribution < 1.29 is 4.42 Å². The third-order valence-corrected chi connectivity index (χ3v) is 10.1. The molecule has 9 aromatic rings. The third kappa shape index (κ3) is 4.81. The summed E-state index contributed by atoms with van der Waals surface area (Å²) in [6.45, 7) is 0. The van der Waals surface area contributed by atoms with E-state index in [2.05, 4.69) is 143 Å². The second-order valence-corrected chi connectivity index (χ2v) is 13.0. The number of hydrogen-bond acceptors (Lipinski definition) is 4. The summed E-state index contributed by atoms with van der Waals surface area (Å²) >= 11 is 8.81. The van der Waals surface area contributed by atoms with Gasteiger partial charge in [-0.3, -0.25) is 0 Å². The quantitative estimate of drug-likeness (QED) is 0.180. The first-order valence-corrected chi connectivity index (χ1v) is 16.7. The first kappa shape index (κ1) is 27.7. The SMILES string of the molecule is Clc1cc(N(c2ccccc2)c2ccc3c(c2)sc2cc(N(c4ccccc4)c4ccccc4)ccc23)cc2oc3ccccc3c12. The zero-order chi connectivity index (χ0) is 31.3. The highest BCUT2D eigenvalue weighted by Gasteiger charge is 2.20. The van der Waals surface area contributed by atoms with Gasteiger partial charge in [0.2, 0.25) is 0 Å². The summed E-state index contributed by atoms with van der Waals surface area (Å²) < 4.78 is 8.75. The number of anilines is 6. The molecule has 0 aliphatic rings. The van der Waals surface area contributed by atoms with Gasteiger partial charge >= 0.3 is 0 Å². The molecule has 0 radical (unpaired) electrons. The van der Waals surface area contributed by atoms with E-state index in [1.165, 1.54) is 20.2 Å². The van der Waals surface area contributed by atoms with Crippen molar-refractivity contribution in [3.05, 3.63) is 169 Å². The predicted octanol–water partition coefficient (Wildman–Crippen LogP) is 13.5. The number of thiophene rings is 1. The number of hydrogen-bond donors (Lipinski definition) is 0. The Kier molecular flexibility index (Phi) is 6.70. The van der Waals surface area contributed by atoms with E-state index in [1.54, 1.807) is 0 Å². The fourth-order valence-corrected chi connectivity index (χ4v) is 8.06. The average Bonchev–Trinajstić information content (AvgIpc) is 3.68. The molecule has 2 aromatic heterocycles. The van der Waals surface area contributed by atoms with Crippen LogP contribution >= 0.6 is 22.9 Å². The molecule has 224 valence electrons. The van der Waals surface area contributed by atoms with Gasteiger partial charge < -0.3 is 14.2 Å². The molecule has 0 fully saturated rings. The highest BCUT2D eigenvalue weighted by molar-refractivity contribution is 7.25. The van der Waals surface area contributed by atoms with E-state index in [0.717, 1.165) is 56.1 Å². The Morgan fingerprint density at radius 2 is 0.894 bits per heavy atom. The number of fused-ring (bicyclic) bond motifs is 6. The fraction of sp³-hybridized carbons (Fsp3) is 0. The van der Waals surface area contributed by atoms with Gasteiger partial charge in [-0.05, 0) is 72.8 Å². The van der Waals surface area contributed by atoms with Crippen molar-refractivity contribution in [2.45, 2.75) is 0 Å². The predicted molar refractivity (Wildman–Crippen MR) is 201 cm³/mol. The van der Waals surface area contributed by atoms with E-state index in [4.69, 9.17) is 16.0 Å². The Balaban J connectivity index is 1.18. The van der Waals surface area contributed by atoms with Crippen LogP contribution in [0.4, 0.5) is 34.1 Å². The summed E-state index contributed by atoms with van der Waals surface area (Å²) in [7, 11) is 0. The molecule has 0 spiro atoms. The van der Waals surface area contributed by atoms with E-state index in [9.17, 15) is 0 Å². The van der Waals surface area contributed by atoms with Crippen LogP contribution in [0.3, 0.4) is 0 Å². The van der Waals surface area contributed by atoms with Crippen molar-refractivity contribution >= 4 is 99.2 Å². The van der Waals surface area contributed by atoms with Crippen LogP contribution < -0.4 is 9.80 Å². The van der Waals surface area contributed by atoms with Crippen LogP contribution in [-0.2, 0) is 0 Å². The molecule has 47 heavy (non-hydrogen) atoms. The number of rotatable bonds is 6. The molecule has 0 aliphatic heterocycles. The maximum atomic E-state index is 6.99. The van der Waals surface area contributed by atoms with E-state index >= 15 is 0 Å². The van der Waals surface area contributed by atoms with Crippen LogP contribution in [0.2, 0.25) is 5.02 Å². The number of para-hydroxylation sites is 4. The molecule has 9 rings (SSSR count). The van der Waals surface area contributed by atoms with E-state index in [0.29, 0.717) is 5.02 Å². The Bertz CT molecular complexity index is 2500. The minimum Gasteiger partial charge on any atom is -0.456 e. The van der Waals surface area contributed by atoms with Gasteiger partial charge in [0.15, 0.2) is 0 Å². The summed E-state index contributed by atoms with van der Waals surface area (Å²) in [5.74, 6) is 0. The van der Waals surface area contributed by atoms with Gasteiger partial charge in [0.05, 0.1) is 10.7 Å². The summed E-state index contributed by atoms with van der Waals surface area (Å²) in [6.07, 6.45) is 0. The largest absolute Gasteiger partial charge is 0.456 e. The molecule has 0 amide bonds. The molecule has 0 N–H and O–H groups in total. The minimum atomic E-state index is 0.667. The lowest BCUT2D eigenvalue weighted by molar-refractivity contribution is 0.669. The Morgan fingerprint density at radius 1 is 0.404 bits per heavy atom. The summed E-state index contributed by atoms with van der Waals surface area (Å²) in [4.78, 5) is 4.56. The molecule has 0 saturated heterocycles. The molecule has 5 heteroatoms. The van der Waals surface area contributed by atoms with Gasteiger partial charge in [-0.15, -0.1) is 11.3 Å². The van der Waals surface area contributed by atoms with Crippen LogP contribution in [0.1, 0.15) is 0 Å². The second kappa shape index (κ2) is 11.4. The van der Waals surface area contributed by atoms with Crippen molar-refractivity contribution in [3.8, 4) is 0 Å². The lowest BCUT2D eigenvalue weighted by atomic mass is 10.1. The van der Waals surface area contributed by atoms with E-state index < -0.39 is 0 Å². The fourth-order valence-electron chi connectivity index (χ4n) is 6.58. The highest BCUT2D eigenvalue weighted by atomic mass is 35.5. The molecule has 0 unspecified atom stereocenters. The average molecular weight is 643 g/mol. The summed E-state index contributed by atoms with van der Waals surface area (Å²) in [5.41, 5.74) is 8.02. The molecule has 3 nitrogen and oxygen atoms in total. The number of nitrogens with zero attached hydrogens (tertiary/aromatic N) is 2. The van der Waals surface area contributed by atoms with Gasteiger partial charge in [0.1, 0.15) is 11.2 Å². The first-order chi connectivity index (χ1) is 23.2. The van der Waals surface area contributed by atoms with Crippen LogP contribution in [-0.4, -0.2) is 0 Å². The highest BCUT2D eigenvalue weighted by Crippen LogP contribution is 2.45. The van der Waals surface area contributed by atoms with Crippen molar-refractivity contribution in [3.63, 3.8) is 0 Å². The Morgan fingerprint density at radius 3 is 1.45 bits per heavy atom. The maximum Gasteiger partial charge on any atom is 0.139 e. The first-order valence-electron chi connectivity index (χ1n) is 15.5. The standard InChI is InChI=1S/C42H27ClN2OS/c43-37-24-33(25-39-42(37)36-18-10-11-19-38(36)46-39)45(30-16-8-3-9-17-30)32-21-23-35-34-22-20-31(26-40(34)47-41(35)27-32)44(28-12-4-1-5-13-28)29-14-6-2-7-15-29/h1-27H. The minimum absolute atomic E-state index is 0.667. The Hall–Kier alpha value is -5.55. The summed E-state index contributed by atoms with van der Waals surface area (Å²) in [5, 5.41) is 5.12. The second-order valence-electron chi connectivity index (χ2n) is 11.5. The van der Waals surface area contributed by atoms with Gasteiger partial charge in [0, 0.05) is 65.4 Å². The monoisotopic (exact) mass is 642 g/mol. The van der Waals surface area contributed by atoms with Crippen LogP contribution in [0.15, 0.2) is 168 Å². The zero-order valence-electron chi connectivity index (χ0n) is 25.2. The van der Waals surface area contributed by atoms with Crippen LogP contribution in [0, 0.1) is 0 Å². The zero-order valence-corrected chi connectivity index (χ0v) is 26.7. The molecule has 2 heterocycles. The maximum absolute atomic E-state index is 6.99. The lowest BCUT2D eigenvalue weighted by Gasteiger charge is -2.25. The van der Waals surface area contributed by atoms with Gasteiger partial charge in [-0.1, -0.05) is 96.5 Å². The topological polar surface area (TPSA) is 19.6 Å². The van der Waals surface area contributed by atoms with Crippen molar-refractivity contribution in [1.82, 2.24) is 0 Å². The summed E-state index contributed by atoms with van der Waals surface area (Å²) in [6, 6.07) is 57.2. The molecule has 0 bridgehead atoms. The molecule has 0 aliphatic carbocycles. The van der Waals surface area contributed by atoms with Crippen LogP contribution in [0.25, 0.3) is 42.1 Å². The van der Waals surface area contributed by atoms with Gasteiger partial charge in [0.25, 0.3) is 0 Å². The lowest BCUT2D eigenvalue weighted by Crippen LogP contribution is -2.09. The third-order valence-electron chi connectivity index (χ3n) is 8.67. The van der Waals surface area contributed by atoms with Gasteiger partial charge in [-0.25, -0.2) is 0 Å². The molecule has 0 saturated carbocycles. The Labute approximate surface area is 281 Å².